The quantitative estimate of drug-likeness (QED) is 0.896. The summed E-state index contributed by atoms with van der Waals surface area (Å²) >= 11 is 3.54. The average molecular weight is 255 g/mol. The van der Waals surface area contributed by atoms with Crippen molar-refractivity contribution in [1.29, 1.82) is 0 Å². The minimum Gasteiger partial charge on any atom is -0.369 e. The highest BCUT2D eigenvalue weighted by Crippen LogP contribution is 2.37. The molecule has 1 heterocycles. The van der Waals surface area contributed by atoms with Crippen LogP contribution >= 0.6 is 15.9 Å². The van der Waals surface area contributed by atoms with Crippen molar-refractivity contribution in [2.75, 3.05) is 11.9 Å². The Bertz CT molecular complexity index is 338. The van der Waals surface area contributed by atoms with Crippen LogP contribution in [0.25, 0.3) is 0 Å². The number of rotatable bonds is 3. The zero-order valence-corrected chi connectivity index (χ0v) is 10.1. The smallest absolute Gasteiger partial charge is 0.140 e. The van der Waals surface area contributed by atoms with Gasteiger partial charge in [0.1, 0.15) is 5.82 Å². The van der Waals surface area contributed by atoms with Crippen LogP contribution in [-0.2, 0) is 0 Å². The molecule has 0 aliphatic heterocycles. The summed E-state index contributed by atoms with van der Waals surface area (Å²) in [6.45, 7) is 5.43. The van der Waals surface area contributed by atoms with Gasteiger partial charge in [0.25, 0.3) is 0 Å². The molecular formula is C11H15BrN2. The van der Waals surface area contributed by atoms with Gasteiger partial charge in [-0.3, -0.25) is 0 Å². The zero-order valence-electron chi connectivity index (χ0n) is 8.55. The van der Waals surface area contributed by atoms with Crippen LogP contribution in [0.5, 0.6) is 0 Å². The number of aromatic nitrogens is 1. The summed E-state index contributed by atoms with van der Waals surface area (Å²) in [5, 5.41) is 3.39. The molecule has 2 rings (SSSR count). The SMILES string of the molecule is Cc1ccnc(NCC2CC2C)c1Br. The molecule has 1 saturated carbocycles. The van der Waals surface area contributed by atoms with Crippen LogP contribution in [0, 0.1) is 18.8 Å². The first-order valence-electron chi connectivity index (χ1n) is 5.03. The largest absolute Gasteiger partial charge is 0.369 e. The van der Waals surface area contributed by atoms with Crippen LogP contribution in [-0.4, -0.2) is 11.5 Å². The standard InChI is InChI=1S/C11H15BrN2/c1-7-3-4-13-11(10(7)12)14-6-9-5-8(9)2/h3-4,8-9H,5-6H2,1-2H3,(H,13,14). The number of anilines is 1. The molecule has 3 heteroatoms. The average Bonchev–Trinajstić information content (AvgIpc) is 2.85. The van der Waals surface area contributed by atoms with E-state index in [1.807, 2.05) is 12.3 Å². The third-order valence-corrected chi connectivity index (χ3v) is 3.89. The second-order valence-electron chi connectivity index (χ2n) is 4.14. The maximum atomic E-state index is 4.31. The lowest BCUT2D eigenvalue weighted by Gasteiger charge is -2.08. The molecule has 2 atom stereocenters. The predicted molar refractivity (Wildman–Crippen MR) is 62.4 cm³/mol. The van der Waals surface area contributed by atoms with Crippen molar-refractivity contribution in [2.24, 2.45) is 11.8 Å². The predicted octanol–water partition coefficient (Wildman–Crippen LogP) is 3.22. The van der Waals surface area contributed by atoms with Crippen LogP contribution < -0.4 is 5.32 Å². The normalized spacial score (nSPS) is 24.8. The number of nitrogens with one attached hydrogen (secondary N) is 1. The van der Waals surface area contributed by atoms with Gasteiger partial charge in [0, 0.05) is 12.7 Å². The van der Waals surface area contributed by atoms with E-state index in [4.69, 9.17) is 0 Å². The molecule has 1 aliphatic rings. The highest BCUT2D eigenvalue weighted by Gasteiger charge is 2.32. The summed E-state index contributed by atoms with van der Waals surface area (Å²) in [5.74, 6) is 2.72. The van der Waals surface area contributed by atoms with E-state index in [1.165, 1.54) is 12.0 Å². The molecule has 0 bridgehead atoms. The molecule has 76 valence electrons. The van der Waals surface area contributed by atoms with Gasteiger partial charge in [-0.05, 0) is 52.7 Å². The van der Waals surface area contributed by atoms with Crippen molar-refractivity contribution in [2.45, 2.75) is 20.3 Å². The molecule has 2 nitrogen and oxygen atoms in total. The van der Waals surface area contributed by atoms with Gasteiger partial charge in [-0.1, -0.05) is 6.92 Å². The lowest BCUT2D eigenvalue weighted by Crippen LogP contribution is -2.06. The summed E-state index contributed by atoms with van der Waals surface area (Å²) in [6.07, 6.45) is 3.20. The van der Waals surface area contributed by atoms with Crippen molar-refractivity contribution >= 4 is 21.7 Å². The topological polar surface area (TPSA) is 24.9 Å². The van der Waals surface area contributed by atoms with Crippen molar-refractivity contribution in [3.8, 4) is 0 Å². The molecule has 0 saturated heterocycles. The summed E-state index contributed by atoms with van der Waals surface area (Å²) in [6, 6.07) is 2.01. The van der Waals surface area contributed by atoms with E-state index >= 15 is 0 Å². The van der Waals surface area contributed by atoms with Gasteiger partial charge in [-0.25, -0.2) is 4.98 Å². The third kappa shape index (κ3) is 2.08. The second kappa shape index (κ2) is 3.89. The number of hydrogen-bond acceptors (Lipinski definition) is 2. The fourth-order valence-electron chi connectivity index (χ4n) is 1.57. The fraction of sp³-hybridized carbons (Fsp3) is 0.545. The number of hydrogen-bond donors (Lipinski definition) is 1. The third-order valence-electron chi connectivity index (χ3n) is 2.89. The van der Waals surface area contributed by atoms with Gasteiger partial charge in [-0.15, -0.1) is 0 Å². The Hall–Kier alpha value is -0.570. The maximum Gasteiger partial charge on any atom is 0.140 e. The highest BCUT2D eigenvalue weighted by molar-refractivity contribution is 9.10. The summed E-state index contributed by atoms with van der Waals surface area (Å²) in [4.78, 5) is 4.31. The van der Waals surface area contributed by atoms with Crippen molar-refractivity contribution in [3.63, 3.8) is 0 Å². The minimum absolute atomic E-state index is 0.851. The Balaban J connectivity index is 1.98. The van der Waals surface area contributed by atoms with E-state index in [-0.39, 0.29) is 0 Å². The summed E-state index contributed by atoms with van der Waals surface area (Å²) in [7, 11) is 0. The first-order chi connectivity index (χ1) is 6.68. The van der Waals surface area contributed by atoms with Crippen LogP contribution in [0.3, 0.4) is 0 Å². The summed E-state index contributed by atoms with van der Waals surface area (Å²) in [5.41, 5.74) is 1.23. The number of nitrogens with zero attached hydrogens (tertiary/aromatic N) is 1. The van der Waals surface area contributed by atoms with Crippen molar-refractivity contribution in [3.05, 3.63) is 22.3 Å². The molecule has 0 amide bonds. The van der Waals surface area contributed by atoms with Crippen LogP contribution in [0.2, 0.25) is 0 Å². The van der Waals surface area contributed by atoms with E-state index in [2.05, 4.69) is 40.1 Å². The summed E-state index contributed by atoms with van der Waals surface area (Å²) < 4.78 is 1.09. The Morgan fingerprint density at radius 1 is 1.64 bits per heavy atom. The van der Waals surface area contributed by atoms with Gasteiger partial charge < -0.3 is 5.32 Å². The van der Waals surface area contributed by atoms with E-state index in [1.54, 1.807) is 0 Å². The number of halogens is 1. The van der Waals surface area contributed by atoms with Gasteiger partial charge >= 0.3 is 0 Å². The number of aryl methyl sites for hydroxylation is 1. The highest BCUT2D eigenvalue weighted by atomic mass is 79.9. The Kier molecular flexibility index (Phi) is 2.77. The molecular weight excluding hydrogens is 240 g/mol. The van der Waals surface area contributed by atoms with E-state index in [0.717, 1.165) is 28.7 Å². The fourth-order valence-corrected chi connectivity index (χ4v) is 1.95. The molecule has 1 fully saturated rings. The first kappa shape index (κ1) is 9.97. The zero-order chi connectivity index (χ0) is 10.1. The molecule has 1 aromatic rings. The molecule has 0 spiro atoms. The lowest BCUT2D eigenvalue weighted by atomic mass is 10.3. The first-order valence-corrected chi connectivity index (χ1v) is 5.82. The van der Waals surface area contributed by atoms with Gasteiger partial charge in [0.15, 0.2) is 0 Å². The second-order valence-corrected chi connectivity index (χ2v) is 4.94. The molecule has 1 N–H and O–H groups in total. The van der Waals surface area contributed by atoms with E-state index in [9.17, 15) is 0 Å². The van der Waals surface area contributed by atoms with Crippen LogP contribution in [0.4, 0.5) is 5.82 Å². The van der Waals surface area contributed by atoms with Crippen molar-refractivity contribution in [1.82, 2.24) is 4.98 Å². The Labute approximate surface area is 93.3 Å². The maximum absolute atomic E-state index is 4.31. The van der Waals surface area contributed by atoms with E-state index in [0.29, 0.717) is 0 Å². The lowest BCUT2D eigenvalue weighted by molar-refractivity contribution is 0.784. The van der Waals surface area contributed by atoms with Gasteiger partial charge in [0.2, 0.25) is 0 Å². The Morgan fingerprint density at radius 2 is 2.36 bits per heavy atom. The molecule has 2 unspecified atom stereocenters. The molecule has 0 aromatic carbocycles. The minimum atomic E-state index is 0.851. The van der Waals surface area contributed by atoms with E-state index < -0.39 is 0 Å². The Morgan fingerprint density at radius 3 is 3.00 bits per heavy atom. The van der Waals surface area contributed by atoms with Gasteiger partial charge in [-0.2, -0.15) is 0 Å². The van der Waals surface area contributed by atoms with Crippen LogP contribution in [0.1, 0.15) is 18.9 Å². The monoisotopic (exact) mass is 254 g/mol. The van der Waals surface area contributed by atoms with Gasteiger partial charge in [0.05, 0.1) is 4.47 Å². The van der Waals surface area contributed by atoms with Crippen molar-refractivity contribution < 1.29 is 0 Å². The molecule has 1 aliphatic carbocycles. The molecule has 14 heavy (non-hydrogen) atoms. The molecule has 0 radical (unpaired) electrons. The van der Waals surface area contributed by atoms with Crippen LogP contribution in [0.15, 0.2) is 16.7 Å². The number of pyridine rings is 1. The molecule has 1 aromatic heterocycles.